The van der Waals surface area contributed by atoms with Gasteiger partial charge in [-0.15, -0.1) is 0 Å². The summed E-state index contributed by atoms with van der Waals surface area (Å²) in [5, 5.41) is 9.13. The first-order valence-corrected chi connectivity index (χ1v) is 4.23. The monoisotopic (exact) mass is 180 g/mol. The van der Waals surface area contributed by atoms with Crippen LogP contribution in [0, 0.1) is 0 Å². The van der Waals surface area contributed by atoms with Crippen molar-refractivity contribution in [3.05, 3.63) is 18.3 Å². The highest BCUT2D eigenvalue weighted by Crippen LogP contribution is 2.28. The summed E-state index contributed by atoms with van der Waals surface area (Å²) >= 11 is 0. The smallest absolute Gasteiger partial charge is 0.171 e. The molecule has 0 aliphatic carbocycles. The highest BCUT2D eigenvalue weighted by Gasteiger charge is 2.27. The largest absolute Gasteiger partial charge is 0.493 e. The van der Waals surface area contributed by atoms with Crippen molar-refractivity contribution in [3.8, 4) is 5.75 Å². The maximum absolute atomic E-state index is 9.13. The van der Waals surface area contributed by atoms with Gasteiger partial charge in [-0.05, 0) is 12.1 Å². The molecule has 0 amide bonds. The van der Waals surface area contributed by atoms with Crippen LogP contribution in [-0.2, 0) is 0 Å². The van der Waals surface area contributed by atoms with E-state index in [0.717, 1.165) is 11.6 Å². The molecule has 2 rings (SSSR count). The highest BCUT2D eigenvalue weighted by molar-refractivity contribution is 5.54. The van der Waals surface area contributed by atoms with Crippen molar-refractivity contribution < 1.29 is 9.84 Å². The molecule has 1 aliphatic heterocycles. The molecule has 70 valence electrons. The molecular formula is C9H12N2O2. The number of β-amino-alcohol motifs (C(OH)–C–C–N with tert-alkyl or cyclic N) is 1. The van der Waals surface area contributed by atoms with Gasteiger partial charge in [0, 0.05) is 19.3 Å². The number of hydrogen-bond donors (Lipinski definition) is 1. The Balaban J connectivity index is 2.19. The lowest BCUT2D eigenvalue weighted by atomic mass is 10.1. The van der Waals surface area contributed by atoms with Crippen molar-refractivity contribution in [1.82, 2.24) is 4.98 Å². The summed E-state index contributed by atoms with van der Waals surface area (Å²) in [6, 6.07) is 3.70. The topological polar surface area (TPSA) is 45.6 Å². The zero-order chi connectivity index (χ0) is 9.26. The summed E-state index contributed by atoms with van der Waals surface area (Å²) in [5.74, 6) is 1.57. The zero-order valence-electron chi connectivity index (χ0n) is 7.47. The Kier molecular flexibility index (Phi) is 2.06. The maximum Gasteiger partial charge on any atom is 0.171 e. The third kappa shape index (κ3) is 1.45. The molecule has 0 unspecified atom stereocenters. The summed E-state index contributed by atoms with van der Waals surface area (Å²) in [6.07, 6.45) is 1.51. The Bertz CT molecular complexity index is 297. The van der Waals surface area contributed by atoms with Crippen LogP contribution in [0.5, 0.6) is 5.75 Å². The molecule has 1 aliphatic rings. The number of aromatic nitrogens is 1. The van der Waals surface area contributed by atoms with E-state index in [1.165, 1.54) is 0 Å². The molecule has 1 N–H and O–H groups in total. The fraction of sp³-hybridized carbons (Fsp3) is 0.444. The summed E-state index contributed by atoms with van der Waals surface area (Å²) in [6.45, 7) is 1.29. The molecule has 4 heteroatoms. The molecule has 0 atom stereocenters. The van der Waals surface area contributed by atoms with E-state index in [1.54, 1.807) is 13.3 Å². The van der Waals surface area contributed by atoms with Crippen LogP contribution in [-0.4, -0.2) is 36.4 Å². The highest BCUT2D eigenvalue weighted by atomic mass is 16.5. The van der Waals surface area contributed by atoms with Crippen molar-refractivity contribution in [2.24, 2.45) is 0 Å². The van der Waals surface area contributed by atoms with Gasteiger partial charge in [-0.3, -0.25) is 0 Å². The van der Waals surface area contributed by atoms with Gasteiger partial charge in [0.15, 0.2) is 11.6 Å². The van der Waals surface area contributed by atoms with Crippen LogP contribution in [0.2, 0.25) is 0 Å². The van der Waals surface area contributed by atoms with Crippen LogP contribution in [0.4, 0.5) is 5.82 Å². The number of hydrogen-bond acceptors (Lipinski definition) is 4. The Morgan fingerprint density at radius 1 is 1.62 bits per heavy atom. The molecule has 0 radical (unpaired) electrons. The predicted octanol–water partition coefficient (Wildman–Crippen LogP) is 0.271. The fourth-order valence-electron chi connectivity index (χ4n) is 1.41. The number of ether oxygens (including phenoxy) is 1. The van der Waals surface area contributed by atoms with Gasteiger partial charge in [-0.1, -0.05) is 0 Å². The third-order valence-corrected chi connectivity index (χ3v) is 2.13. The van der Waals surface area contributed by atoms with E-state index in [-0.39, 0.29) is 6.10 Å². The Labute approximate surface area is 76.8 Å². The van der Waals surface area contributed by atoms with Crippen LogP contribution in [0.25, 0.3) is 0 Å². The van der Waals surface area contributed by atoms with E-state index >= 15 is 0 Å². The first-order chi connectivity index (χ1) is 6.31. The zero-order valence-corrected chi connectivity index (χ0v) is 7.47. The molecule has 1 saturated heterocycles. The molecule has 0 bridgehead atoms. The van der Waals surface area contributed by atoms with E-state index in [9.17, 15) is 0 Å². The quantitative estimate of drug-likeness (QED) is 0.709. The Morgan fingerprint density at radius 3 is 3.00 bits per heavy atom. The molecule has 0 saturated carbocycles. The maximum atomic E-state index is 9.13. The minimum Gasteiger partial charge on any atom is -0.493 e. The molecule has 0 aromatic carbocycles. The first-order valence-electron chi connectivity index (χ1n) is 4.23. The van der Waals surface area contributed by atoms with Crippen LogP contribution in [0.1, 0.15) is 0 Å². The van der Waals surface area contributed by atoms with Crippen molar-refractivity contribution in [1.29, 1.82) is 0 Å². The number of pyridine rings is 1. The van der Waals surface area contributed by atoms with Gasteiger partial charge >= 0.3 is 0 Å². The van der Waals surface area contributed by atoms with E-state index < -0.39 is 0 Å². The van der Waals surface area contributed by atoms with Crippen molar-refractivity contribution >= 4 is 5.82 Å². The number of aliphatic hydroxyl groups excluding tert-OH is 1. The van der Waals surface area contributed by atoms with Crippen LogP contribution < -0.4 is 9.64 Å². The van der Waals surface area contributed by atoms with E-state index in [0.29, 0.717) is 13.1 Å². The minimum absolute atomic E-state index is 0.216. The molecular weight excluding hydrogens is 168 g/mol. The summed E-state index contributed by atoms with van der Waals surface area (Å²) in [5.41, 5.74) is 0. The molecule has 1 aromatic rings. The van der Waals surface area contributed by atoms with Crippen molar-refractivity contribution in [2.45, 2.75) is 6.10 Å². The normalized spacial score (nSPS) is 16.9. The number of methoxy groups -OCH3 is 1. The van der Waals surface area contributed by atoms with Gasteiger partial charge in [0.1, 0.15) is 0 Å². The van der Waals surface area contributed by atoms with Gasteiger partial charge in [-0.25, -0.2) is 4.98 Å². The lowest BCUT2D eigenvalue weighted by Gasteiger charge is -2.37. The van der Waals surface area contributed by atoms with Crippen LogP contribution in [0.3, 0.4) is 0 Å². The number of aliphatic hydroxyl groups is 1. The van der Waals surface area contributed by atoms with Crippen molar-refractivity contribution in [2.75, 3.05) is 25.1 Å². The summed E-state index contributed by atoms with van der Waals surface area (Å²) in [7, 11) is 1.62. The molecule has 4 nitrogen and oxygen atoms in total. The summed E-state index contributed by atoms with van der Waals surface area (Å²) < 4.78 is 5.15. The van der Waals surface area contributed by atoms with Crippen molar-refractivity contribution in [3.63, 3.8) is 0 Å². The van der Waals surface area contributed by atoms with Crippen LogP contribution >= 0.6 is 0 Å². The lowest BCUT2D eigenvalue weighted by Crippen LogP contribution is -2.51. The molecule has 1 fully saturated rings. The molecule has 2 heterocycles. The lowest BCUT2D eigenvalue weighted by molar-refractivity contribution is 0.140. The van der Waals surface area contributed by atoms with Gasteiger partial charge in [-0.2, -0.15) is 0 Å². The predicted molar refractivity (Wildman–Crippen MR) is 49.0 cm³/mol. The fourth-order valence-corrected chi connectivity index (χ4v) is 1.41. The average molecular weight is 180 g/mol. The molecule has 0 spiro atoms. The van der Waals surface area contributed by atoms with E-state index in [2.05, 4.69) is 4.98 Å². The van der Waals surface area contributed by atoms with Gasteiger partial charge in [0.25, 0.3) is 0 Å². The second-order valence-corrected chi connectivity index (χ2v) is 3.09. The molecule has 13 heavy (non-hydrogen) atoms. The standard InChI is InChI=1S/C9H12N2O2/c1-13-8-3-2-4-10-9(8)11-5-7(12)6-11/h2-4,7,12H,5-6H2,1H3. The second kappa shape index (κ2) is 3.22. The third-order valence-electron chi connectivity index (χ3n) is 2.13. The Morgan fingerprint density at radius 2 is 2.38 bits per heavy atom. The van der Waals surface area contributed by atoms with Gasteiger partial charge in [0.2, 0.25) is 0 Å². The average Bonchev–Trinajstić information content (AvgIpc) is 2.13. The number of anilines is 1. The van der Waals surface area contributed by atoms with Gasteiger partial charge in [0.05, 0.1) is 13.2 Å². The number of nitrogens with zero attached hydrogens (tertiary/aromatic N) is 2. The second-order valence-electron chi connectivity index (χ2n) is 3.09. The van der Waals surface area contributed by atoms with Crippen LogP contribution in [0.15, 0.2) is 18.3 Å². The summed E-state index contributed by atoms with van der Waals surface area (Å²) in [4.78, 5) is 6.19. The molecule has 1 aromatic heterocycles. The SMILES string of the molecule is COc1cccnc1N1CC(O)C1. The van der Waals surface area contributed by atoms with Gasteiger partial charge < -0.3 is 14.7 Å². The Hall–Kier alpha value is -1.29. The number of rotatable bonds is 2. The minimum atomic E-state index is -0.216. The first kappa shape index (κ1) is 8.31. The van der Waals surface area contributed by atoms with E-state index in [4.69, 9.17) is 9.84 Å². The van der Waals surface area contributed by atoms with E-state index in [1.807, 2.05) is 17.0 Å².